The maximum absolute atomic E-state index is 12.6. The maximum atomic E-state index is 12.6. The van der Waals surface area contributed by atoms with Gasteiger partial charge >= 0.3 is 0 Å². The molecule has 2 aromatic rings. The lowest BCUT2D eigenvalue weighted by Gasteiger charge is -2.26. The monoisotopic (exact) mass is 429 g/mol. The van der Waals surface area contributed by atoms with Crippen LogP contribution in [-0.4, -0.2) is 60.4 Å². The number of morpholine rings is 1. The number of amides is 1. The number of rotatable bonds is 6. The molecule has 0 radical (unpaired) electrons. The minimum atomic E-state index is -3.55. The van der Waals surface area contributed by atoms with Gasteiger partial charge in [0, 0.05) is 18.8 Å². The summed E-state index contributed by atoms with van der Waals surface area (Å²) in [5.74, 6) is -0.224. The fourth-order valence-corrected chi connectivity index (χ4v) is 5.55. The lowest BCUT2D eigenvalue weighted by Crippen LogP contribution is -2.40. The second kappa shape index (κ2) is 8.52. The molecule has 12 heteroatoms. The molecule has 2 heterocycles. The van der Waals surface area contributed by atoms with Crippen LogP contribution in [0, 0.1) is 0 Å². The van der Waals surface area contributed by atoms with Crippen molar-refractivity contribution in [2.24, 2.45) is 0 Å². The molecule has 0 saturated carbocycles. The number of benzene rings is 1. The molecule has 1 aliphatic heterocycles. The van der Waals surface area contributed by atoms with E-state index in [0.29, 0.717) is 41.5 Å². The molecule has 0 aliphatic carbocycles. The highest BCUT2D eigenvalue weighted by Crippen LogP contribution is 2.28. The smallest absolute Gasteiger partial charge is 0.243 e. The van der Waals surface area contributed by atoms with E-state index in [1.54, 1.807) is 19.1 Å². The number of sulfonamides is 1. The zero-order chi connectivity index (χ0) is 19.4. The predicted molar refractivity (Wildman–Crippen MR) is 104 cm³/mol. The van der Waals surface area contributed by atoms with E-state index >= 15 is 0 Å². The SMILES string of the molecule is C[C@H](Sc1nnc(N)s1)C(=O)Nc1ccc(S(=O)(=O)N2CCOCC2)cc1. The zero-order valence-corrected chi connectivity index (χ0v) is 16.9. The van der Waals surface area contributed by atoms with Crippen LogP contribution in [0.5, 0.6) is 0 Å². The summed E-state index contributed by atoms with van der Waals surface area (Å²) >= 11 is 2.47. The molecule has 1 aliphatic rings. The van der Waals surface area contributed by atoms with Gasteiger partial charge < -0.3 is 15.8 Å². The molecule has 1 aromatic heterocycles. The average Bonchev–Trinajstić information content (AvgIpc) is 3.07. The summed E-state index contributed by atoms with van der Waals surface area (Å²) in [5, 5.41) is 10.3. The number of hydrogen-bond acceptors (Lipinski definition) is 9. The van der Waals surface area contributed by atoms with Crippen molar-refractivity contribution < 1.29 is 17.9 Å². The Morgan fingerprint density at radius 2 is 1.96 bits per heavy atom. The summed E-state index contributed by atoms with van der Waals surface area (Å²) in [6.07, 6.45) is 0. The quantitative estimate of drug-likeness (QED) is 0.657. The van der Waals surface area contributed by atoms with E-state index < -0.39 is 15.3 Å². The third kappa shape index (κ3) is 4.96. The lowest BCUT2D eigenvalue weighted by molar-refractivity contribution is -0.115. The van der Waals surface area contributed by atoms with Gasteiger partial charge in [-0.05, 0) is 31.2 Å². The van der Waals surface area contributed by atoms with Crippen LogP contribution in [-0.2, 0) is 19.6 Å². The van der Waals surface area contributed by atoms with Gasteiger partial charge in [0.25, 0.3) is 0 Å². The number of nitrogens with one attached hydrogen (secondary N) is 1. The van der Waals surface area contributed by atoms with Gasteiger partial charge in [-0.2, -0.15) is 4.31 Å². The Morgan fingerprint density at radius 3 is 2.56 bits per heavy atom. The summed E-state index contributed by atoms with van der Waals surface area (Å²) in [6.45, 7) is 3.21. The molecule has 3 rings (SSSR count). The Balaban J connectivity index is 1.62. The largest absolute Gasteiger partial charge is 0.379 e. The van der Waals surface area contributed by atoms with E-state index in [-0.39, 0.29) is 10.8 Å². The molecular formula is C15H19N5O4S3. The van der Waals surface area contributed by atoms with Gasteiger partial charge in [-0.25, -0.2) is 8.42 Å². The van der Waals surface area contributed by atoms with Crippen LogP contribution in [0.15, 0.2) is 33.5 Å². The number of thioether (sulfide) groups is 1. The minimum absolute atomic E-state index is 0.189. The lowest BCUT2D eigenvalue weighted by atomic mass is 10.3. The van der Waals surface area contributed by atoms with E-state index in [1.807, 2.05) is 0 Å². The topological polar surface area (TPSA) is 128 Å². The fraction of sp³-hybridized carbons (Fsp3) is 0.400. The highest BCUT2D eigenvalue weighted by atomic mass is 32.2. The second-order valence-corrected chi connectivity index (χ2v) is 10.2. The number of carbonyl (C=O) groups is 1. The molecule has 27 heavy (non-hydrogen) atoms. The number of nitrogens with two attached hydrogens (primary N) is 1. The summed E-state index contributed by atoms with van der Waals surface area (Å²) in [6, 6.07) is 6.13. The normalized spacial score (nSPS) is 16.8. The summed E-state index contributed by atoms with van der Waals surface area (Å²) in [7, 11) is -3.55. The molecule has 1 aromatic carbocycles. The van der Waals surface area contributed by atoms with Crippen LogP contribution in [0.4, 0.5) is 10.8 Å². The molecular weight excluding hydrogens is 410 g/mol. The predicted octanol–water partition coefficient (Wildman–Crippen LogP) is 1.26. The van der Waals surface area contributed by atoms with E-state index in [1.165, 1.54) is 39.5 Å². The molecule has 9 nitrogen and oxygen atoms in total. The summed E-state index contributed by atoms with van der Waals surface area (Å²) in [5.41, 5.74) is 6.05. The molecule has 0 bridgehead atoms. The van der Waals surface area contributed by atoms with Crippen LogP contribution in [0.25, 0.3) is 0 Å². The third-order valence-corrected chi connectivity index (χ3v) is 7.65. The standard InChI is InChI=1S/C15H19N5O4S3/c1-10(25-15-19-18-14(16)26-15)13(21)17-11-2-4-12(5-3-11)27(22,23)20-6-8-24-9-7-20/h2-5,10H,6-9H2,1H3,(H2,16,18)(H,17,21)/t10-/m0/s1. The zero-order valence-electron chi connectivity index (χ0n) is 14.5. The first-order valence-corrected chi connectivity index (χ1v) is 11.2. The Labute approximate surface area is 165 Å². The van der Waals surface area contributed by atoms with Crippen LogP contribution in [0.1, 0.15) is 6.92 Å². The molecule has 3 N–H and O–H groups in total. The van der Waals surface area contributed by atoms with Crippen molar-refractivity contribution >= 4 is 49.8 Å². The Morgan fingerprint density at radius 1 is 1.30 bits per heavy atom. The maximum Gasteiger partial charge on any atom is 0.243 e. The van der Waals surface area contributed by atoms with Gasteiger partial charge in [0.2, 0.25) is 21.1 Å². The van der Waals surface area contributed by atoms with Crippen molar-refractivity contribution in [3.8, 4) is 0 Å². The molecule has 1 atom stereocenters. The second-order valence-electron chi connectivity index (χ2n) is 5.70. The first kappa shape index (κ1) is 20.0. The van der Waals surface area contributed by atoms with Crippen LogP contribution < -0.4 is 11.1 Å². The first-order chi connectivity index (χ1) is 12.9. The number of nitrogens with zero attached hydrogens (tertiary/aromatic N) is 3. The fourth-order valence-electron chi connectivity index (χ4n) is 2.36. The molecule has 0 spiro atoms. The number of nitrogen functional groups attached to an aromatic ring is 1. The van der Waals surface area contributed by atoms with E-state index in [0.717, 1.165) is 0 Å². The Bertz CT molecular complexity index is 894. The van der Waals surface area contributed by atoms with Crippen LogP contribution in [0.2, 0.25) is 0 Å². The number of carbonyl (C=O) groups excluding carboxylic acids is 1. The third-order valence-electron chi connectivity index (χ3n) is 3.80. The van der Waals surface area contributed by atoms with E-state index in [4.69, 9.17) is 10.5 Å². The van der Waals surface area contributed by atoms with Crippen molar-refractivity contribution in [2.75, 3.05) is 37.4 Å². The molecule has 0 unspecified atom stereocenters. The van der Waals surface area contributed by atoms with Gasteiger partial charge in [-0.3, -0.25) is 4.79 Å². The molecule has 1 saturated heterocycles. The highest BCUT2D eigenvalue weighted by Gasteiger charge is 2.26. The van der Waals surface area contributed by atoms with Crippen molar-refractivity contribution in [3.63, 3.8) is 0 Å². The van der Waals surface area contributed by atoms with Crippen molar-refractivity contribution in [3.05, 3.63) is 24.3 Å². The van der Waals surface area contributed by atoms with Gasteiger partial charge in [-0.15, -0.1) is 10.2 Å². The number of anilines is 2. The van der Waals surface area contributed by atoms with E-state index in [9.17, 15) is 13.2 Å². The van der Waals surface area contributed by atoms with Gasteiger partial charge in [0.05, 0.1) is 23.4 Å². The Hall–Kier alpha value is -1.73. The number of hydrogen-bond donors (Lipinski definition) is 2. The number of aromatic nitrogens is 2. The summed E-state index contributed by atoms with van der Waals surface area (Å²) < 4.78 is 32.4. The molecule has 146 valence electrons. The van der Waals surface area contributed by atoms with Crippen LogP contribution >= 0.6 is 23.1 Å². The summed E-state index contributed by atoms with van der Waals surface area (Å²) in [4.78, 5) is 12.5. The van der Waals surface area contributed by atoms with Crippen molar-refractivity contribution in [1.82, 2.24) is 14.5 Å². The van der Waals surface area contributed by atoms with Crippen molar-refractivity contribution in [2.45, 2.75) is 21.4 Å². The average molecular weight is 430 g/mol. The van der Waals surface area contributed by atoms with Gasteiger partial charge in [-0.1, -0.05) is 23.1 Å². The van der Waals surface area contributed by atoms with Crippen LogP contribution in [0.3, 0.4) is 0 Å². The first-order valence-electron chi connectivity index (χ1n) is 8.11. The number of ether oxygens (including phenoxy) is 1. The molecule has 1 amide bonds. The Kier molecular flexibility index (Phi) is 6.32. The van der Waals surface area contributed by atoms with Gasteiger partial charge in [0.15, 0.2) is 4.34 Å². The molecule has 1 fully saturated rings. The van der Waals surface area contributed by atoms with Crippen molar-refractivity contribution in [1.29, 1.82) is 0 Å². The van der Waals surface area contributed by atoms with Gasteiger partial charge in [0.1, 0.15) is 0 Å². The minimum Gasteiger partial charge on any atom is -0.379 e. The highest BCUT2D eigenvalue weighted by molar-refractivity contribution is 8.02. The van der Waals surface area contributed by atoms with E-state index in [2.05, 4.69) is 15.5 Å².